The van der Waals surface area contributed by atoms with E-state index >= 15 is 0 Å². The third-order valence-electron chi connectivity index (χ3n) is 5.39. The molecular formula is C18H28N2O4. The van der Waals surface area contributed by atoms with Crippen LogP contribution in [0.4, 0.5) is 0 Å². The Labute approximate surface area is 143 Å². The van der Waals surface area contributed by atoms with E-state index in [-0.39, 0.29) is 12.6 Å². The average Bonchev–Trinajstić information content (AvgIpc) is 3.29. The monoisotopic (exact) mass is 336 g/mol. The van der Waals surface area contributed by atoms with Crippen molar-refractivity contribution in [1.82, 2.24) is 9.80 Å². The Kier molecular flexibility index (Phi) is 5.58. The summed E-state index contributed by atoms with van der Waals surface area (Å²) in [6.07, 6.45) is 4.64. The van der Waals surface area contributed by atoms with Gasteiger partial charge >= 0.3 is 5.97 Å². The summed E-state index contributed by atoms with van der Waals surface area (Å²) in [7, 11) is 1.39. The summed E-state index contributed by atoms with van der Waals surface area (Å²) in [4.78, 5) is 16.6. The molecule has 2 fully saturated rings. The van der Waals surface area contributed by atoms with Crippen molar-refractivity contribution in [1.29, 1.82) is 0 Å². The van der Waals surface area contributed by atoms with E-state index in [1.807, 2.05) is 6.07 Å². The van der Waals surface area contributed by atoms with Crippen LogP contribution in [0.5, 0.6) is 0 Å². The number of aryl methyl sites for hydroxylation is 1. The topological polar surface area (TPSA) is 66.2 Å². The molecule has 2 atom stereocenters. The highest BCUT2D eigenvalue weighted by Gasteiger charge is 2.31. The Morgan fingerprint density at radius 3 is 2.71 bits per heavy atom. The number of esters is 1. The molecule has 0 aliphatic carbocycles. The van der Waals surface area contributed by atoms with Crippen LogP contribution >= 0.6 is 0 Å². The minimum Gasteiger partial charge on any atom is -0.465 e. The number of rotatable bonds is 6. The van der Waals surface area contributed by atoms with Gasteiger partial charge in [-0.25, -0.2) is 4.79 Å². The maximum atomic E-state index is 11.7. The molecule has 6 nitrogen and oxygen atoms in total. The second kappa shape index (κ2) is 7.68. The van der Waals surface area contributed by atoms with Crippen molar-refractivity contribution in [3.63, 3.8) is 0 Å². The Hall–Kier alpha value is -1.37. The van der Waals surface area contributed by atoms with E-state index in [1.165, 1.54) is 26.4 Å². The normalized spacial score (nSPS) is 25.5. The predicted octanol–water partition coefficient (Wildman–Crippen LogP) is 1.80. The van der Waals surface area contributed by atoms with E-state index in [0.717, 1.165) is 38.4 Å². The highest BCUT2D eigenvalue weighted by molar-refractivity contribution is 5.90. The number of hydrogen-bond acceptors (Lipinski definition) is 6. The van der Waals surface area contributed by atoms with E-state index in [4.69, 9.17) is 9.15 Å². The Morgan fingerprint density at radius 2 is 2.00 bits per heavy atom. The fourth-order valence-electron chi connectivity index (χ4n) is 4.06. The first-order chi connectivity index (χ1) is 11.6. The molecule has 2 unspecified atom stereocenters. The highest BCUT2D eigenvalue weighted by Crippen LogP contribution is 2.26. The third-order valence-corrected chi connectivity index (χ3v) is 5.39. The van der Waals surface area contributed by atoms with Crippen LogP contribution in [0.2, 0.25) is 0 Å². The average molecular weight is 336 g/mol. The molecule has 0 radical (unpaired) electrons. The zero-order valence-electron chi connectivity index (χ0n) is 14.7. The van der Waals surface area contributed by atoms with Crippen molar-refractivity contribution in [2.45, 2.75) is 51.2 Å². The smallest absolute Gasteiger partial charge is 0.341 e. The molecule has 1 aromatic heterocycles. The van der Waals surface area contributed by atoms with E-state index in [0.29, 0.717) is 23.4 Å². The van der Waals surface area contributed by atoms with Gasteiger partial charge in [0.1, 0.15) is 17.1 Å². The number of ether oxygens (including phenoxy) is 1. The van der Waals surface area contributed by atoms with Crippen molar-refractivity contribution in [3.05, 3.63) is 23.2 Å². The predicted molar refractivity (Wildman–Crippen MR) is 89.9 cm³/mol. The molecule has 3 rings (SSSR count). The number of methoxy groups -OCH3 is 1. The lowest BCUT2D eigenvalue weighted by atomic mass is 10.1. The molecule has 3 heterocycles. The first-order valence-electron chi connectivity index (χ1n) is 8.89. The Balaban J connectivity index is 1.63. The number of furan rings is 1. The first kappa shape index (κ1) is 17.5. The first-order valence-corrected chi connectivity index (χ1v) is 8.89. The molecule has 0 aromatic carbocycles. The number of aliphatic hydroxyl groups is 1. The van der Waals surface area contributed by atoms with Crippen molar-refractivity contribution < 1.29 is 19.1 Å². The van der Waals surface area contributed by atoms with Crippen LogP contribution in [0.3, 0.4) is 0 Å². The Bertz CT molecular complexity index is 571. The van der Waals surface area contributed by atoms with Crippen molar-refractivity contribution >= 4 is 5.97 Å². The second-order valence-electron chi connectivity index (χ2n) is 6.91. The zero-order valence-corrected chi connectivity index (χ0v) is 14.7. The molecule has 1 N–H and O–H groups in total. The third kappa shape index (κ3) is 3.66. The van der Waals surface area contributed by atoms with Crippen LogP contribution in [0.1, 0.15) is 47.6 Å². The number of carbonyl (C=O) groups is 1. The molecule has 134 valence electrons. The van der Waals surface area contributed by atoms with Crippen LogP contribution < -0.4 is 0 Å². The lowest BCUT2D eigenvalue weighted by Crippen LogP contribution is -2.43. The number of nitrogens with zero attached hydrogens (tertiary/aromatic N) is 2. The fraction of sp³-hybridized carbons (Fsp3) is 0.722. The fourth-order valence-corrected chi connectivity index (χ4v) is 4.06. The number of hydrogen-bond donors (Lipinski definition) is 1. The summed E-state index contributed by atoms with van der Waals surface area (Å²) in [6.45, 7) is 5.92. The summed E-state index contributed by atoms with van der Waals surface area (Å²) in [5.41, 5.74) is 0.517. The van der Waals surface area contributed by atoms with Gasteiger partial charge < -0.3 is 14.3 Å². The maximum absolute atomic E-state index is 11.7. The van der Waals surface area contributed by atoms with Gasteiger partial charge in [-0.2, -0.15) is 0 Å². The van der Waals surface area contributed by atoms with Gasteiger partial charge in [0.15, 0.2) is 0 Å². The highest BCUT2D eigenvalue weighted by atomic mass is 16.5. The summed E-state index contributed by atoms with van der Waals surface area (Å²) in [6, 6.07) is 2.62. The van der Waals surface area contributed by atoms with Crippen LogP contribution in [-0.2, 0) is 11.3 Å². The number of likely N-dealkylation sites (tertiary alicyclic amines) is 2. The molecule has 0 bridgehead atoms. The SMILES string of the molecule is COC(=O)c1cc(CN2CCCC2CN2CCCC2CO)oc1C. The maximum Gasteiger partial charge on any atom is 0.341 e. The van der Waals surface area contributed by atoms with E-state index in [9.17, 15) is 9.90 Å². The van der Waals surface area contributed by atoms with Crippen LogP contribution in [0, 0.1) is 6.92 Å². The molecule has 24 heavy (non-hydrogen) atoms. The lowest BCUT2D eigenvalue weighted by Gasteiger charge is -2.30. The molecule has 2 aliphatic heterocycles. The molecule has 1 aromatic rings. The van der Waals surface area contributed by atoms with Gasteiger partial charge in [0.25, 0.3) is 0 Å². The minimum absolute atomic E-state index is 0.257. The van der Waals surface area contributed by atoms with Crippen LogP contribution in [0.25, 0.3) is 0 Å². The van der Waals surface area contributed by atoms with Crippen molar-refractivity contribution in [3.8, 4) is 0 Å². The lowest BCUT2D eigenvalue weighted by molar-refractivity contribution is 0.0599. The molecule has 6 heteroatoms. The summed E-state index contributed by atoms with van der Waals surface area (Å²) in [5, 5.41) is 9.51. The Morgan fingerprint density at radius 1 is 1.29 bits per heavy atom. The van der Waals surface area contributed by atoms with Crippen LogP contribution in [-0.4, -0.2) is 66.3 Å². The standard InChI is InChI=1S/C18H28N2O4/c1-13-17(18(22)23-2)9-16(24-13)11-20-8-3-5-14(20)10-19-7-4-6-15(19)12-21/h9,14-15,21H,3-8,10-12H2,1-2H3. The largest absolute Gasteiger partial charge is 0.465 e. The number of carbonyl (C=O) groups excluding carboxylic acids is 1. The van der Waals surface area contributed by atoms with E-state index < -0.39 is 0 Å². The van der Waals surface area contributed by atoms with Gasteiger partial charge in [-0.15, -0.1) is 0 Å². The van der Waals surface area contributed by atoms with Gasteiger partial charge in [-0.3, -0.25) is 9.80 Å². The van der Waals surface area contributed by atoms with Gasteiger partial charge in [0.05, 0.1) is 20.3 Å². The molecule has 0 saturated carbocycles. The summed E-state index contributed by atoms with van der Waals surface area (Å²) in [5.74, 6) is 1.09. The molecular weight excluding hydrogens is 308 g/mol. The number of aliphatic hydroxyl groups excluding tert-OH is 1. The van der Waals surface area contributed by atoms with E-state index in [1.54, 1.807) is 6.92 Å². The molecule has 0 spiro atoms. The van der Waals surface area contributed by atoms with Gasteiger partial charge in [0, 0.05) is 18.6 Å². The molecule has 0 amide bonds. The van der Waals surface area contributed by atoms with Crippen molar-refractivity contribution in [2.24, 2.45) is 0 Å². The van der Waals surface area contributed by atoms with Gasteiger partial charge in [0.2, 0.25) is 0 Å². The summed E-state index contributed by atoms with van der Waals surface area (Å²) < 4.78 is 10.6. The summed E-state index contributed by atoms with van der Waals surface area (Å²) >= 11 is 0. The van der Waals surface area contributed by atoms with Crippen LogP contribution in [0.15, 0.2) is 10.5 Å². The quantitative estimate of drug-likeness (QED) is 0.799. The second-order valence-corrected chi connectivity index (χ2v) is 6.91. The molecule has 2 aliphatic rings. The van der Waals surface area contributed by atoms with E-state index in [2.05, 4.69) is 9.80 Å². The molecule has 2 saturated heterocycles. The zero-order chi connectivity index (χ0) is 17.1. The van der Waals surface area contributed by atoms with Gasteiger partial charge in [-0.05, 0) is 51.8 Å². The minimum atomic E-state index is -0.344. The van der Waals surface area contributed by atoms with Crippen molar-refractivity contribution in [2.75, 3.05) is 33.4 Å². The van der Waals surface area contributed by atoms with Gasteiger partial charge in [-0.1, -0.05) is 0 Å².